The summed E-state index contributed by atoms with van der Waals surface area (Å²) < 4.78 is 2.01. The van der Waals surface area contributed by atoms with E-state index in [1.54, 1.807) is 0 Å². The highest BCUT2D eigenvalue weighted by Crippen LogP contribution is 2.20. The average Bonchev–Trinajstić information content (AvgIpc) is 3.04. The maximum Gasteiger partial charge on any atom is 0.180 e. The van der Waals surface area contributed by atoms with Crippen LogP contribution in [0.15, 0.2) is 49.2 Å². The zero-order valence-electron chi connectivity index (χ0n) is 11.6. The fourth-order valence-corrected chi connectivity index (χ4v) is 2.75. The van der Waals surface area contributed by atoms with Gasteiger partial charge in [-0.1, -0.05) is 6.07 Å². The Labute approximate surface area is 122 Å². The summed E-state index contributed by atoms with van der Waals surface area (Å²) in [5.41, 5.74) is 0.920. The third kappa shape index (κ3) is 2.18. The van der Waals surface area contributed by atoms with Crippen molar-refractivity contribution >= 4 is 17.3 Å². The van der Waals surface area contributed by atoms with E-state index in [0.717, 1.165) is 43.5 Å². The molecule has 21 heavy (non-hydrogen) atoms. The van der Waals surface area contributed by atoms with Crippen molar-refractivity contribution < 1.29 is 0 Å². The first kappa shape index (κ1) is 12.1. The van der Waals surface area contributed by atoms with Crippen molar-refractivity contribution in [2.24, 2.45) is 0 Å². The molecule has 6 nitrogen and oxygen atoms in total. The zero-order valence-corrected chi connectivity index (χ0v) is 11.6. The lowest BCUT2D eigenvalue weighted by atomic mass is 10.3. The number of fused-ring (bicyclic) bond motifs is 1. The number of nitrogens with zero attached hydrogens (tertiary/aromatic N) is 6. The molecule has 0 unspecified atom stereocenters. The second-order valence-electron chi connectivity index (χ2n) is 5.07. The van der Waals surface area contributed by atoms with Crippen LogP contribution < -0.4 is 9.80 Å². The fraction of sp³-hybridized carbons (Fsp3) is 0.267. The van der Waals surface area contributed by atoms with E-state index in [1.807, 2.05) is 47.5 Å². The number of anilines is 2. The molecule has 1 fully saturated rings. The minimum Gasteiger partial charge on any atom is -0.353 e. The molecule has 3 aromatic rings. The van der Waals surface area contributed by atoms with Crippen LogP contribution in [-0.4, -0.2) is 45.5 Å². The molecule has 3 aromatic heterocycles. The topological polar surface area (TPSA) is 49.6 Å². The number of hydrogen-bond acceptors (Lipinski definition) is 5. The van der Waals surface area contributed by atoms with Crippen LogP contribution in [0.1, 0.15) is 0 Å². The molecule has 0 amide bonds. The van der Waals surface area contributed by atoms with Gasteiger partial charge in [0.25, 0.3) is 0 Å². The van der Waals surface area contributed by atoms with Gasteiger partial charge in [-0.3, -0.25) is 0 Å². The van der Waals surface area contributed by atoms with Gasteiger partial charge in [0.1, 0.15) is 5.82 Å². The minimum atomic E-state index is 0.920. The predicted molar refractivity (Wildman–Crippen MR) is 81.7 cm³/mol. The van der Waals surface area contributed by atoms with E-state index in [0.29, 0.717) is 0 Å². The van der Waals surface area contributed by atoms with E-state index in [2.05, 4.69) is 30.8 Å². The van der Waals surface area contributed by atoms with Crippen molar-refractivity contribution in [3.05, 3.63) is 49.2 Å². The Morgan fingerprint density at radius 1 is 0.762 bits per heavy atom. The minimum absolute atomic E-state index is 0.920. The van der Waals surface area contributed by atoms with Crippen LogP contribution >= 0.6 is 0 Å². The summed E-state index contributed by atoms with van der Waals surface area (Å²) in [7, 11) is 0. The molecule has 1 aliphatic rings. The Bertz CT molecular complexity index is 730. The molecule has 0 atom stereocenters. The molecule has 4 heterocycles. The third-order valence-corrected chi connectivity index (χ3v) is 3.85. The van der Waals surface area contributed by atoms with Gasteiger partial charge in [-0.25, -0.2) is 15.0 Å². The number of hydrogen-bond donors (Lipinski definition) is 0. The van der Waals surface area contributed by atoms with Crippen LogP contribution in [0.5, 0.6) is 0 Å². The van der Waals surface area contributed by atoms with Crippen molar-refractivity contribution in [1.82, 2.24) is 19.4 Å². The van der Waals surface area contributed by atoms with Gasteiger partial charge in [-0.15, -0.1) is 0 Å². The van der Waals surface area contributed by atoms with Gasteiger partial charge >= 0.3 is 0 Å². The Morgan fingerprint density at radius 2 is 1.52 bits per heavy atom. The smallest absolute Gasteiger partial charge is 0.180 e. The molecule has 1 saturated heterocycles. The standard InChI is InChI=1S/C15H16N6/c1-2-4-16-13(3-1)19-9-11-21(12-10-19)15-14-17-5-7-20(14)8-6-18-15/h1-8H,9-12H2. The quantitative estimate of drug-likeness (QED) is 0.711. The lowest BCUT2D eigenvalue weighted by molar-refractivity contribution is 0.642. The van der Waals surface area contributed by atoms with Crippen molar-refractivity contribution in [3.8, 4) is 0 Å². The number of pyridine rings is 1. The molecule has 4 rings (SSSR count). The van der Waals surface area contributed by atoms with Crippen molar-refractivity contribution in [1.29, 1.82) is 0 Å². The Morgan fingerprint density at radius 3 is 2.29 bits per heavy atom. The van der Waals surface area contributed by atoms with Crippen LogP contribution in [0.2, 0.25) is 0 Å². The molecule has 0 radical (unpaired) electrons. The van der Waals surface area contributed by atoms with Gasteiger partial charge in [0, 0.05) is 57.2 Å². The molecule has 0 saturated carbocycles. The SMILES string of the molecule is c1ccc(N2CCN(c3nccn4ccnc34)CC2)nc1. The fourth-order valence-electron chi connectivity index (χ4n) is 2.75. The first-order valence-electron chi connectivity index (χ1n) is 7.10. The van der Waals surface area contributed by atoms with E-state index in [4.69, 9.17) is 0 Å². The van der Waals surface area contributed by atoms with Gasteiger partial charge in [-0.2, -0.15) is 0 Å². The van der Waals surface area contributed by atoms with Crippen LogP contribution in [0.25, 0.3) is 5.65 Å². The van der Waals surface area contributed by atoms with Crippen LogP contribution in [0.4, 0.5) is 11.6 Å². The summed E-state index contributed by atoms with van der Waals surface area (Å²) in [5, 5.41) is 0. The lowest BCUT2D eigenvalue weighted by Gasteiger charge is -2.35. The number of piperazine rings is 1. The largest absolute Gasteiger partial charge is 0.353 e. The van der Waals surface area contributed by atoms with Gasteiger partial charge in [0.15, 0.2) is 11.5 Å². The number of imidazole rings is 1. The summed E-state index contributed by atoms with van der Waals surface area (Å²) in [4.78, 5) is 17.9. The normalized spacial score (nSPS) is 15.6. The molecule has 1 aliphatic heterocycles. The molecule has 0 aromatic carbocycles. The molecule has 0 spiro atoms. The number of aromatic nitrogens is 4. The Kier molecular flexibility index (Phi) is 2.92. The monoisotopic (exact) mass is 280 g/mol. The van der Waals surface area contributed by atoms with Crippen molar-refractivity contribution in [2.75, 3.05) is 36.0 Å². The maximum atomic E-state index is 4.51. The first-order valence-corrected chi connectivity index (χ1v) is 7.10. The maximum absolute atomic E-state index is 4.51. The molecule has 0 aliphatic carbocycles. The van der Waals surface area contributed by atoms with Crippen LogP contribution in [-0.2, 0) is 0 Å². The van der Waals surface area contributed by atoms with Gasteiger partial charge < -0.3 is 14.2 Å². The molecular formula is C15H16N6. The first-order chi connectivity index (χ1) is 10.4. The highest BCUT2D eigenvalue weighted by Gasteiger charge is 2.20. The van der Waals surface area contributed by atoms with E-state index < -0.39 is 0 Å². The summed E-state index contributed by atoms with van der Waals surface area (Å²) in [6, 6.07) is 6.04. The molecule has 0 bridgehead atoms. The Hall–Kier alpha value is -2.63. The van der Waals surface area contributed by atoms with Crippen molar-refractivity contribution in [2.45, 2.75) is 0 Å². The van der Waals surface area contributed by atoms with Gasteiger partial charge in [-0.05, 0) is 12.1 Å². The summed E-state index contributed by atoms with van der Waals surface area (Å²) in [6.07, 6.45) is 9.36. The van der Waals surface area contributed by atoms with Crippen molar-refractivity contribution in [3.63, 3.8) is 0 Å². The Balaban J connectivity index is 1.54. The summed E-state index contributed by atoms with van der Waals surface area (Å²) in [5.74, 6) is 2.01. The average molecular weight is 280 g/mol. The molecule has 6 heteroatoms. The van der Waals surface area contributed by atoms with Crippen LogP contribution in [0, 0.1) is 0 Å². The lowest BCUT2D eigenvalue weighted by Crippen LogP contribution is -2.47. The summed E-state index contributed by atoms with van der Waals surface area (Å²) >= 11 is 0. The van der Waals surface area contributed by atoms with Gasteiger partial charge in [0.2, 0.25) is 0 Å². The second kappa shape index (κ2) is 5.05. The molecule has 0 N–H and O–H groups in total. The van der Waals surface area contributed by atoms with Gasteiger partial charge in [0.05, 0.1) is 0 Å². The highest BCUT2D eigenvalue weighted by molar-refractivity contribution is 5.64. The molecule has 106 valence electrons. The van der Waals surface area contributed by atoms with E-state index in [9.17, 15) is 0 Å². The third-order valence-electron chi connectivity index (χ3n) is 3.85. The molecular weight excluding hydrogens is 264 g/mol. The number of rotatable bonds is 2. The van der Waals surface area contributed by atoms with E-state index >= 15 is 0 Å². The van der Waals surface area contributed by atoms with E-state index in [1.165, 1.54) is 0 Å². The van der Waals surface area contributed by atoms with E-state index in [-0.39, 0.29) is 0 Å². The predicted octanol–water partition coefficient (Wildman–Crippen LogP) is 1.45. The van der Waals surface area contributed by atoms with Crippen LogP contribution in [0.3, 0.4) is 0 Å². The second-order valence-corrected chi connectivity index (χ2v) is 5.07. The highest BCUT2D eigenvalue weighted by atomic mass is 15.3. The zero-order chi connectivity index (χ0) is 14.1. The summed E-state index contributed by atoms with van der Waals surface area (Å²) in [6.45, 7) is 3.74.